The topological polar surface area (TPSA) is 40.5 Å². The summed E-state index contributed by atoms with van der Waals surface area (Å²) in [6, 6.07) is 4.38. The van der Waals surface area contributed by atoms with Gasteiger partial charge in [-0.25, -0.2) is 4.39 Å². The second-order valence-corrected chi connectivity index (χ2v) is 5.04. The van der Waals surface area contributed by atoms with Gasteiger partial charge in [-0.05, 0) is 37.1 Å². The van der Waals surface area contributed by atoms with Crippen LogP contribution in [0.15, 0.2) is 18.2 Å². The number of unbranched alkanes of at least 4 members (excludes halogenated alkanes) is 3. The number of hydrogen-bond donors (Lipinski definition) is 1. The van der Waals surface area contributed by atoms with Crippen LogP contribution in [0.4, 0.5) is 4.39 Å². The third-order valence-electron chi connectivity index (χ3n) is 3.34. The van der Waals surface area contributed by atoms with Gasteiger partial charge in [-0.3, -0.25) is 4.79 Å². The number of rotatable bonds is 8. The van der Waals surface area contributed by atoms with Gasteiger partial charge in [0.15, 0.2) is 0 Å². The van der Waals surface area contributed by atoms with Crippen molar-refractivity contribution in [3.63, 3.8) is 0 Å². The second kappa shape index (κ2) is 8.69. The van der Waals surface area contributed by atoms with Gasteiger partial charge in [-0.2, -0.15) is 0 Å². The Morgan fingerprint density at radius 2 is 2.00 bits per heavy atom. The van der Waals surface area contributed by atoms with Crippen molar-refractivity contribution in [3.8, 4) is 0 Å². The van der Waals surface area contributed by atoms with Crippen LogP contribution in [0.3, 0.4) is 0 Å². The van der Waals surface area contributed by atoms with Crippen LogP contribution in [0.1, 0.15) is 48.5 Å². The molecule has 3 nitrogen and oxygen atoms in total. The van der Waals surface area contributed by atoms with Crippen LogP contribution in [0.2, 0.25) is 0 Å². The molecule has 0 atom stereocenters. The molecule has 0 aliphatic rings. The van der Waals surface area contributed by atoms with Crippen molar-refractivity contribution in [1.82, 2.24) is 4.90 Å². The third-order valence-corrected chi connectivity index (χ3v) is 3.34. The SMILES string of the molecule is CCCCCCN(CCO)C(=O)c1ccc(F)c(C)c1. The van der Waals surface area contributed by atoms with Gasteiger partial charge in [0.25, 0.3) is 5.91 Å². The Labute approximate surface area is 120 Å². The molecule has 1 N–H and O–H groups in total. The summed E-state index contributed by atoms with van der Waals surface area (Å²) < 4.78 is 13.2. The highest BCUT2D eigenvalue weighted by atomic mass is 19.1. The number of aryl methyl sites for hydroxylation is 1. The number of carbonyl (C=O) groups is 1. The van der Waals surface area contributed by atoms with Crippen molar-refractivity contribution in [3.05, 3.63) is 35.1 Å². The Bertz CT molecular complexity index is 434. The lowest BCUT2D eigenvalue weighted by Gasteiger charge is -2.22. The number of benzene rings is 1. The number of hydrogen-bond acceptors (Lipinski definition) is 2. The Kier molecular flexibility index (Phi) is 7.23. The summed E-state index contributed by atoms with van der Waals surface area (Å²) in [6.45, 7) is 4.68. The first kappa shape index (κ1) is 16.6. The first-order chi connectivity index (χ1) is 9.60. The van der Waals surface area contributed by atoms with Gasteiger partial charge < -0.3 is 10.0 Å². The molecular weight excluding hydrogens is 257 g/mol. The molecule has 0 aromatic heterocycles. The molecule has 20 heavy (non-hydrogen) atoms. The van der Waals surface area contributed by atoms with E-state index in [1.165, 1.54) is 12.1 Å². The first-order valence-corrected chi connectivity index (χ1v) is 7.26. The Hall–Kier alpha value is -1.42. The molecule has 0 aliphatic carbocycles. The molecule has 0 radical (unpaired) electrons. The number of nitrogens with zero attached hydrogens (tertiary/aromatic N) is 1. The normalized spacial score (nSPS) is 10.6. The molecule has 0 fully saturated rings. The predicted octanol–water partition coefficient (Wildman–Crippen LogP) is 3.15. The van der Waals surface area contributed by atoms with E-state index < -0.39 is 0 Å². The number of aliphatic hydroxyl groups excluding tert-OH is 1. The summed E-state index contributed by atoms with van der Waals surface area (Å²) in [5.74, 6) is -0.447. The molecule has 0 aliphatic heterocycles. The van der Waals surface area contributed by atoms with Crippen LogP contribution >= 0.6 is 0 Å². The van der Waals surface area contributed by atoms with Gasteiger partial charge in [0.05, 0.1) is 6.61 Å². The highest BCUT2D eigenvalue weighted by Crippen LogP contribution is 2.12. The minimum absolute atomic E-state index is 0.0559. The molecule has 0 heterocycles. The van der Waals surface area contributed by atoms with Gasteiger partial charge >= 0.3 is 0 Å². The average Bonchev–Trinajstić information content (AvgIpc) is 2.44. The maximum Gasteiger partial charge on any atom is 0.253 e. The van der Waals surface area contributed by atoms with Crippen LogP contribution in [0, 0.1) is 12.7 Å². The lowest BCUT2D eigenvalue weighted by atomic mass is 10.1. The molecule has 1 amide bonds. The zero-order chi connectivity index (χ0) is 15.0. The molecule has 112 valence electrons. The van der Waals surface area contributed by atoms with E-state index in [1.807, 2.05) is 0 Å². The molecule has 0 bridgehead atoms. The van der Waals surface area contributed by atoms with Crippen molar-refractivity contribution in [2.75, 3.05) is 19.7 Å². The molecule has 0 unspecified atom stereocenters. The van der Waals surface area contributed by atoms with Gasteiger partial charge in [0.1, 0.15) is 5.82 Å². The first-order valence-electron chi connectivity index (χ1n) is 7.26. The van der Waals surface area contributed by atoms with E-state index in [4.69, 9.17) is 5.11 Å². The molecule has 0 saturated carbocycles. The standard InChI is InChI=1S/C16H24FNO2/c1-3-4-5-6-9-18(10-11-19)16(20)14-7-8-15(17)13(2)12-14/h7-8,12,19H,3-6,9-11H2,1-2H3. The van der Waals surface area contributed by atoms with Crippen molar-refractivity contribution in [2.45, 2.75) is 39.5 Å². The Morgan fingerprint density at radius 3 is 2.60 bits per heavy atom. The number of amides is 1. The summed E-state index contributed by atoms with van der Waals surface area (Å²) in [6.07, 6.45) is 4.30. The monoisotopic (exact) mass is 281 g/mol. The van der Waals surface area contributed by atoms with Crippen LogP contribution in [0.5, 0.6) is 0 Å². The fourth-order valence-electron chi connectivity index (χ4n) is 2.13. The van der Waals surface area contributed by atoms with E-state index in [1.54, 1.807) is 17.9 Å². The van der Waals surface area contributed by atoms with Crippen molar-refractivity contribution < 1.29 is 14.3 Å². The molecule has 1 aromatic carbocycles. The smallest absolute Gasteiger partial charge is 0.253 e. The lowest BCUT2D eigenvalue weighted by Crippen LogP contribution is -2.34. The summed E-state index contributed by atoms with van der Waals surface area (Å²) in [7, 11) is 0. The second-order valence-electron chi connectivity index (χ2n) is 5.04. The maximum atomic E-state index is 13.2. The van der Waals surface area contributed by atoms with E-state index in [0.29, 0.717) is 24.2 Å². The molecule has 4 heteroatoms. The van der Waals surface area contributed by atoms with Crippen LogP contribution in [0.25, 0.3) is 0 Å². The largest absolute Gasteiger partial charge is 0.395 e. The van der Waals surface area contributed by atoms with Crippen molar-refractivity contribution in [1.29, 1.82) is 0 Å². The highest BCUT2D eigenvalue weighted by molar-refractivity contribution is 5.94. The number of carbonyl (C=O) groups excluding carboxylic acids is 1. The Balaban J connectivity index is 2.69. The maximum absolute atomic E-state index is 13.2. The quantitative estimate of drug-likeness (QED) is 0.744. The van der Waals surface area contributed by atoms with Crippen LogP contribution in [-0.2, 0) is 0 Å². The van der Waals surface area contributed by atoms with Crippen LogP contribution < -0.4 is 0 Å². The average molecular weight is 281 g/mol. The Morgan fingerprint density at radius 1 is 1.25 bits per heavy atom. The van der Waals surface area contributed by atoms with Gasteiger partial charge in [-0.15, -0.1) is 0 Å². The van der Waals surface area contributed by atoms with Gasteiger partial charge in [0, 0.05) is 18.7 Å². The molecule has 1 aromatic rings. The zero-order valence-electron chi connectivity index (χ0n) is 12.4. The fraction of sp³-hybridized carbons (Fsp3) is 0.562. The minimum atomic E-state index is -0.307. The zero-order valence-corrected chi connectivity index (χ0v) is 12.4. The fourth-order valence-corrected chi connectivity index (χ4v) is 2.13. The van der Waals surface area contributed by atoms with Crippen molar-refractivity contribution >= 4 is 5.91 Å². The predicted molar refractivity (Wildman–Crippen MR) is 78.3 cm³/mol. The molecule has 1 rings (SSSR count). The lowest BCUT2D eigenvalue weighted by molar-refractivity contribution is 0.0718. The van der Waals surface area contributed by atoms with E-state index in [0.717, 1.165) is 25.7 Å². The van der Waals surface area contributed by atoms with Crippen molar-refractivity contribution in [2.24, 2.45) is 0 Å². The third kappa shape index (κ3) is 4.93. The molecule has 0 spiro atoms. The summed E-state index contributed by atoms with van der Waals surface area (Å²) in [5.41, 5.74) is 0.943. The van der Waals surface area contributed by atoms with E-state index >= 15 is 0 Å². The van der Waals surface area contributed by atoms with Gasteiger partial charge in [0.2, 0.25) is 0 Å². The summed E-state index contributed by atoms with van der Waals surface area (Å²) in [5, 5.41) is 9.08. The van der Waals surface area contributed by atoms with E-state index in [-0.39, 0.29) is 18.3 Å². The molecule has 0 saturated heterocycles. The van der Waals surface area contributed by atoms with Gasteiger partial charge in [-0.1, -0.05) is 26.2 Å². The minimum Gasteiger partial charge on any atom is -0.395 e. The summed E-state index contributed by atoms with van der Waals surface area (Å²) >= 11 is 0. The summed E-state index contributed by atoms with van der Waals surface area (Å²) in [4.78, 5) is 14.0. The van der Waals surface area contributed by atoms with E-state index in [9.17, 15) is 9.18 Å². The van der Waals surface area contributed by atoms with Crippen LogP contribution in [-0.4, -0.2) is 35.6 Å². The molecular formula is C16H24FNO2. The highest BCUT2D eigenvalue weighted by Gasteiger charge is 2.15. The van der Waals surface area contributed by atoms with E-state index in [2.05, 4.69) is 6.92 Å². The number of aliphatic hydroxyl groups is 1. The number of halogens is 1.